The summed E-state index contributed by atoms with van der Waals surface area (Å²) in [5, 5.41) is 13.7. The van der Waals surface area contributed by atoms with Gasteiger partial charge in [0.25, 0.3) is 11.5 Å². The molecule has 1 aromatic heterocycles. The quantitative estimate of drug-likeness (QED) is 0.0651. The van der Waals surface area contributed by atoms with Crippen LogP contribution in [0.15, 0.2) is 121 Å². The Bertz CT molecular complexity index is 3170. The molecule has 8 rings (SSSR count). The molecule has 3 amide bonds. The van der Waals surface area contributed by atoms with Gasteiger partial charge in [0.15, 0.2) is 6.29 Å². The highest BCUT2D eigenvalue weighted by molar-refractivity contribution is 6.05. The summed E-state index contributed by atoms with van der Waals surface area (Å²) in [6, 6.07) is 23.4. The van der Waals surface area contributed by atoms with Crippen molar-refractivity contribution in [3.8, 4) is 11.1 Å². The molecule has 14 nitrogen and oxygen atoms in total. The van der Waals surface area contributed by atoms with Gasteiger partial charge in [-0.1, -0.05) is 104 Å². The molecule has 4 aromatic carbocycles. The summed E-state index contributed by atoms with van der Waals surface area (Å²) in [5.74, 6) is -1.26. The van der Waals surface area contributed by atoms with Crippen LogP contribution in [0, 0.1) is 24.5 Å². The number of aldehydes is 1. The van der Waals surface area contributed by atoms with Crippen LogP contribution < -0.4 is 26.6 Å². The summed E-state index contributed by atoms with van der Waals surface area (Å²) in [7, 11) is 2.10. The van der Waals surface area contributed by atoms with E-state index in [1.165, 1.54) is 23.8 Å². The number of halogens is 2. The molecule has 3 N–H and O–H groups in total. The van der Waals surface area contributed by atoms with E-state index in [1.807, 2.05) is 75.1 Å². The third-order valence-electron chi connectivity index (χ3n) is 14.3. The van der Waals surface area contributed by atoms with Gasteiger partial charge in [0.2, 0.25) is 11.8 Å². The number of carbonyl (C=O) groups is 4. The number of allylic oxidation sites excluding steroid dienone is 3. The molecule has 0 unspecified atom stereocenters. The van der Waals surface area contributed by atoms with Crippen molar-refractivity contribution in [1.82, 2.24) is 40.0 Å². The van der Waals surface area contributed by atoms with Crippen LogP contribution in [0.2, 0.25) is 0 Å². The third-order valence-corrected chi connectivity index (χ3v) is 14.3. The van der Waals surface area contributed by atoms with E-state index in [1.54, 1.807) is 48.3 Å². The van der Waals surface area contributed by atoms with Crippen LogP contribution in [-0.2, 0) is 29.0 Å². The lowest BCUT2D eigenvalue weighted by atomic mass is 9.94. The van der Waals surface area contributed by atoms with Gasteiger partial charge < -0.3 is 30.2 Å². The molecule has 3 aliphatic rings. The maximum Gasteiger partial charge on any atom is 0.271 e. The Labute approximate surface area is 484 Å². The van der Waals surface area contributed by atoms with Crippen LogP contribution in [0.25, 0.3) is 23.3 Å². The van der Waals surface area contributed by atoms with Crippen molar-refractivity contribution in [3.05, 3.63) is 188 Å². The number of hydrogen-bond donors (Lipinski definition) is 3. The molecule has 3 saturated heterocycles. The van der Waals surface area contributed by atoms with E-state index in [9.17, 15) is 28.4 Å². The predicted octanol–water partition coefficient (Wildman–Crippen LogP) is 8.19. The normalized spacial score (nSPS) is 15.4. The molecule has 5 aromatic rings. The fraction of sp³-hybridized carbons (Fsp3) is 0.394. The van der Waals surface area contributed by atoms with Gasteiger partial charge in [0.05, 0.1) is 35.6 Å². The highest BCUT2D eigenvalue weighted by atomic mass is 19.1. The number of carbonyl (C=O) groups excluding carboxylic acids is 4. The molecule has 0 aliphatic carbocycles. The van der Waals surface area contributed by atoms with Crippen molar-refractivity contribution in [3.63, 3.8) is 0 Å². The third kappa shape index (κ3) is 20.2. The number of piperazine rings is 2. The number of aromatic nitrogens is 2. The van der Waals surface area contributed by atoms with Crippen LogP contribution in [0.1, 0.15) is 96.1 Å². The van der Waals surface area contributed by atoms with E-state index < -0.39 is 17.5 Å². The largest absolute Gasteiger partial charge is 0.339 e. The number of H-pyrrole nitrogens is 1. The zero-order valence-electron chi connectivity index (χ0n) is 49.3. The Morgan fingerprint density at radius 3 is 2.07 bits per heavy atom. The van der Waals surface area contributed by atoms with Crippen LogP contribution >= 0.6 is 0 Å². The Morgan fingerprint density at radius 1 is 0.780 bits per heavy atom. The zero-order chi connectivity index (χ0) is 59.7. The summed E-state index contributed by atoms with van der Waals surface area (Å²) in [6.07, 6.45) is 10.1. The average molecular weight is 1120 g/mol. The highest BCUT2D eigenvalue weighted by Gasteiger charge is 2.31. The molecule has 82 heavy (non-hydrogen) atoms. The summed E-state index contributed by atoms with van der Waals surface area (Å²) < 4.78 is 29.5. The Morgan fingerprint density at radius 2 is 1.44 bits per heavy atom. The van der Waals surface area contributed by atoms with Crippen molar-refractivity contribution in [1.29, 1.82) is 0 Å². The van der Waals surface area contributed by atoms with Gasteiger partial charge >= 0.3 is 0 Å². The number of anilines is 1. The van der Waals surface area contributed by atoms with Crippen LogP contribution in [0.5, 0.6) is 0 Å². The Balaban J connectivity index is 0.000000351. The lowest BCUT2D eigenvalue weighted by molar-refractivity contribution is -0.134. The maximum atomic E-state index is 16.1. The Kier molecular flexibility index (Phi) is 26.6. The van der Waals surface area contributed by atoms with E-state index >= 15 is 4.39 Å². The molecule has 0 spiro atoms. The van der Waals surface area contributed by atoms with E-state index in [0.29, 0.717) is 66.5 Å². The average Bonchev–Trinajstić information content (AvgIpc) is 3.58. The van der Waals surface area contributed by atoms with Gasteiger partial charge in [-0.2, -0.15) is 5.10 Å². The number of nitrogens with zero attached hydrogens (tertiary/aromatic N) is 6. The van der Waals surface area contributed by atoms with Crippen molar-refractivity contribution < 1.29 is 28.0 Å². The molecular formula is C66H85F2N9O5. The first kappa shape index (κ1) is 65.3. The molecule has 16 heteroatoms. The lowest BCUT2D eigenvalue weighted by Crippen LogP contribution is -2.53. The number of likely N-dealkylation sites (tertiary alicyclic amines) is 1. The molecule has 438 valence electrons. The van der Waals surface area contributed by atoms with Gasteiger partial charge in [0, 0.05) is 95.4 Å². The minimum absolute atomic E-state index is 0.00143. The van der Waals surface area contributed by atoms with E-state index in [4.69, 9.17) is 0 Å². The molecular weight excluding hydrogens is 1040 g/mol. The minimum Gasteiger partial charge on any atom is -0.339 e. The predicted molar refractivity (Wildman–Crippen MR) is 328 cm³/mol. The summed E-state index contributed by atoms with van der Waals surface area (Å²) >= 11 is 0. The Hall–Kier alpha value is -7.50. The summed E-state index contributed by atoms with van der Waals surface area (Å²) in [4.78, 5) is 73.4. The van der Waals surface area contributed by atoms with Gasteiger partial charge in [-0.05, 0) is 119 Å². The fourth-order valence-corrected chi connectivity index (χ4v) is 9.94. The van der Waals surface area contributed by atoms with E-state index in [2.05, 4.69) is 75.3 Å². The van der Waals surface area contributed by atoms with Crippen molar-refractivity contribution in [2.75, 3.05) is 97.4 Å². The second kappa shape index (κ2) is 33.4. The molecule has 0 atom stereocenters. The van der Waals surface area contributed by atoms with Crippen molar-refractivity contribution in [2.24, 2.45) is 5.92 Å². The summed E-state index contributed by atoms with van der Waals surface area (Å²) in [6.45, 7) is 32.4. The van der Waals surface area contributed by atoms with E-state index in [0.717, 1.165) is 106 Å². The second-order valence-electron chi connectivity index (χ2n) is 21.4. The van der Waals surface area contributed by atoms with Crippen LogP contribution in [-0.4, -0.2) is 151 Å². The second-order valence-corrected chi connectivity index (χ2v) is 21.4. The first-order valence-corrected chi connectivity index (χ1v) is 28.4. The minimum atomic E-state index is -0.636. The number of rotatable bonds is 16. The molecule has 0 radical (unpaired) electrons. The summed E-state index contributed by atoms with van der Waals surface area (Å²) in [5.41, 5.74) is 7.10. The number of benzene rings is 4. The smallest absolute Gasteiger partial charge is 0.271 e. The standard InChI is InChI=1S/C42H56FN7O3.C17H15FN2O2.C4H8.C3H6/c1-4-32-8-6-10-35(24-32)36-25-37(43)41(38(26-36)45-39(51)28-44-27-34-9-5-7-31(2)23-34)42(53)50-13-11-33(12-14-50)29-47-17-19-48(20-18-47)30-40(52)49-21-15-46(3)16-22-49;1-3-5-14-13(4-2)17(22)20-19-16(14)9-11-6-7-15(18)12(8-11)10-21;1-4(2)3;1-3-2/h5-10,23-26,33,44H,4,11-22,27-30H2,1-3H3,(H,45,51);3-8,10H,1,9H2,2H3,(H,20,22);1H2,2-3H3;3H,1H2,2H3/b;13-4+,14-5+;;. The van der Waals surface area contributed by atoms with Gasteiger partial charge in [-0.25, -0.2) is 13.9 Å². The zero-order valence-corrected chi connectivity index (χ0v) is 49.3. The van der Waals surface area contributed by atoms with Gasteiger partial charge in [-0.3, -0.25) is 28.9 Å². The molecule has 0 saturated carbocycles. The maximum absolute atomic E-state index is 16.1. The van der Waals surface area contributed by atoms with Gasteiger partial charge in [-0.15, -0.1) is 13.2 Å². The van der Waals surface area contributed by atoms with Gasteiger partial charge in [0.1, 0.15) is 11.6 Å². The number of nitrogens with one attached hydrogen (secondary N) is 3. The number of likely N-dealkylation sites (N-methyl/N-ethyl adjacent to an activating group) is 1. The molecule has 3 fully saturated rings. The highest BCUT2D eigenvalue weighted by Crippen LogP contribution is 2.32. The van der Waals surface area contributed by atoms with Crippen molar-refractivity contribution in [2.45, 2.75) is 73.8 Å². The first-order valence-electron chi connectivity index (χ1n) is 28.4. The lowest BCUT2D eigenvalue weighted by Gasteiger charge is -2.39. The molecule has 4 heterocycles. The first-order chi connectivity index (χ1) is 39.4. The monoisotopic (exact) mass is 1120 g/mol. The number of aryl methyl sites for hydroxylation is 2. The van der Waals surface area contributed by atoms with Crippen LogP contribution in [0.4, 0.5) is 14.5 Å². The van der Waals surface area contributed by atoms with Crippen LogP contribution in [0.3, 0.4) is 0 Å². The number of aromatic amines is 1. The molecule has 3 aliphatic heterocycles. The SMILES string of the molecule is C=C(C)C.C=C/C=c1/c(Cc2ccc(F)c(C=O)c2)n[nH]c(=O)/c1=C/C.C=CC.CCc1cccc(-c2cc(F)c(C(=O)N3CCC(CN4CCN(CC(=O)N5CCN(C)CC5)CC4)CC3)c(NC(=O)CNCc3cccc(C)c3)c2)c1. The topological polar surface area (TPSA) is 154 Å². The van der Waals surface area contributed by atoms with Crippen molar-refractivity contribution >= 4 is 41.8 Å². The molecule has 0 bridgehead atoms. The number of hydrogen-bond acceptors (Lipinski definition) is 10. The number of piperidine rings is 1. The van der Waals surface area contributed by atoms with E-state index in [-0.39, 0.29) is 40.7 Å². The number of amides is 3. The fourth-order valence-electron chi connectivity index (χ4n) is 9.94.